The van der Waals surface area contributed by atoms with Crippen molar-refractivity contribution < 1.29 is 9.15 Å². The molecule has 74 valence electrons. The second-order valence-corrected chi connectivity index (χ2v) is 3.46. The van der Waals surface area contributed by atoms with Gasteiger partial charge in [-0.1, -0.05) is 24.3 Å². The fourth-order valence-electron chi connectivity index (χ4n) is 1.95. The molecule has 1 heterocycles. The maximum Gasteiger partial charge on any atom is 0.138 e. The molecule has 2 nitrogen and oxygen atoms in total. The predicted octanol–water partition coefficient (Wildman–Crippen LogP) is 3.59. The standard InChI is InChI=1S/C13H10O2/c1-14-12-8-13-11(6-7-15-13)9-4-2-3-5-10(9)12/h2-8H,1H3. The number of fused-ring (bicyclic) bond motifs is 3. The lowest BCUT2D eigenvalue weighted by atomic mass is 10.1. The molecule has 0 aliphatic carbocycles. The smallest absolute Gasteiger partial charge is 0.138 e. The Morgan fingerprint density at radius 3 is 2.60 bits per heavy atom. The van der Waals surface area contributed by atoms with E-state index in [4.69, 9.17) is 9.15 Å². The predicted molar refractivity (Wildman–Crippen MR) is 60.3 cm³/mol. The molecular weight excluding hydrogens is 188 g/mol. The second kappa shape index (κ2) is 3.02. The van der Waals surface area contributed by atoms with Crippen molar-refractivity contribution in [1.82, 2.24) is 0 Å². The first-order valence-electron chi connectivity index (χ1n) is 4.83. The highest BCUT2D eigenvalue weighted by atomic mass is 16.5. The van der Waals surface area contributed by atoms with E-state index >= 15 is 0 Å². The third-order valence-electron chi connectivity index (χ3n) is 2.66. The number of methoxy groups -OCH3 is 1. The Labute approximate surface area is 87.1 Å². The van der Waals surface area contributed by atoms with Crippen molar-refractivity contribution in [3.8, 4) is 5.75 Å². The molecule has 2 aromatic carbocycles. The molecule has 2 heteroatoms. The van der Waals surface area contributed by atoms with Crippen LogP contribution in [-0.4, -0.2) is 7.11 Å². The molecule has 0 atom stereocenters. The molecule has 0 unspecified atom stereocenters. The third-order valence-corrected chi connectivity index (χ3v) is 2.66. The van der Waals surface area contributed by atoms with Crippen LogP contribution in [0.2, 0.25) is 0 Å². The summed E-state index contributed by atoms with van der Waals surface area (Å²) in [6, 6.07) is 12.1. The van der Waals surface area contributed by atoms with Crippen LogP contribution >= 0.6 is 0 Å². The molecule has 0 saturated carbocycles. The fraction of sp³-hybridized carbons (Fsp3) is 0.0769. The highest BCUT2D eigenvalue weighted by molar-refractivity contribution is 6.08. The van der Waals surface area contributed by atoms with Crippen LogP contribution in [-0.2, 0) is 0 Å². The lowest BCUT2D eigenvalue weighted by Gasteiger charge is -2.05. The molecule has 0 saturated heterocycles. The lowest BCUT2D eigenvalue weighted by molar-refractivity contribution is 0.419. The van der Waals surface area contributed by atoms with Gasteiger partial charge < -0.3 is 9.15 Å². The molecular formula is C13H10O2. The van der Waals surface area contributed by atoms with Gasteiger partial charge in [-0.25, -0.2) is 0 Å². The van der Waals surface area contributed by atoms with Gasteiger partial charge in [0, 0.05) is 16.8 Å². The average molecular weight is 198 g/mol. The first kappa shape index (κ1) is 8.36. The maximum atomic E-state index is 5.39. The van der Waals surface area contributed by atoms with Crippen molar-refractivity contribution in [3.63, 3.8) is 0 Å². The largest absolute Gasteiger partial charge is 0.496 e. The molecule has 0 bridgehead atoms. The zero-order valence-electron chi connectivity index (χ0n) is 8.36. The highest BCUT2D eigenvalue weighted by Crippen LogP contribution is 2.33. The molecule has 0 spiro atoms. The molecule has 0 radical (unpaired) electrons. The Hall–Kier alpha value is -1.96. The number of hydrogen-bond donors (Lipinski definition) is 0. The third kappa shape index (κ3) is 1.11. The van der Waals surface area contributed by atoms with Crippen LogP contribution in [0.4, 0.5) is 0 Å². The van der Waals surface area contributed by atoms with Crippen LogP contribution in [0.5, 0.6) is 5.75 Å². The molecule has 3 aromatic rings. The minimum absolute atomic E-state index is 0.855. The Balaban J connectivity index is 2.58. The van der Waals surface area contributed by atoms with Crippen molar-refractivity contribution in [2.24, 2.45) is 0 Å². The van der Waals surface area contributed by atoms with Crippen LogP contribution < -0.4 is 4.74 Å². The topological polar surface area (TPSA) is 22.4 Å². The van der Waals surface area contributed by atoms with Gasteiger partial charge in [0.1, 0.15) is 11.3 Å². The Bertz CT molecular complexity index is 623. The monoisotopic (exact) mass is 198 g/mol. The number of rotatable bonds is 1. The summed E-state index contributed by atoms with van der Waals surface area (Å²) in [7, 11) is 1.68. The summed E-state index contributed by atoms with van der Waals surface area (Å²) >= 11 is 0. The summed E-state index contributed by atoms with van der Waals surface area (Å²) in [5.74, 6) is 0.855. The van der Waals surface area contributed by atoms with Crippen LogP contribution in [0.15, 0.2) is 47.1 Å². The van der Waals surface area contributed by atoms with Gasteiger partial charge in [0.2, 0.25) is 0 Å². The van der Waals surface area contributed by atoms with E-state index in [0.29, 0.717) is 0 Å². The minimum Gasteiger partial charge on any atom is -0.496 e. The van der Waals surface area contributed by atoms with Gasteiger partial charge in [0.05, 0.1) is 13.4 Å². The molecule has 3 rings (SSSR count). The maximum absolute atomic E-state index is 5.39. The van der Waals surface area contributed by atoms with Crippen LogP contribution in [0.3, 0.4) is 0 Å². The number of hydrogen-bond acceptors (Lipinski definition) is 2. The van der Waals surface area contributed by atoms with Gasteiger partial charge in [-0.3, -0.25) is 0 Å². The quantitative estimate of drug-likeness (QED) is 0.596. The summed E-state index contributed by atoms with van der Waals surface area (Å²) < 4.78 is 10.7. The number of furan rings is 1. The first-order chi connectivity index (χ1) is 7.40. The molecule has 0 aliphatic rings. The Kier molecular flexibility index (Phi) is 1.68. The van der Waals surface area contributed by atoms with Gasteiger partial charge in [0.25, 0.3) is 0 Å². The summed E-state index contributed by atoms with van der Waals surface area (Å²) in [5.41, 5.74) is 0.866. The SMILES string of the molecule is COc1cc2occc2c2ccccc12. The van der Waals surface area contributed by atoms with Crippen molar-refractivity contribution in [2.45, 2.75) is 0 Å². The van der Waals surface area contributed by atoms with Gasteiger partial charge in [0.15, 0.2) is 0 Å². The van der Waals surface area contributed by atoms with Gasteiger partial charge >= 0.3 is 0 Å². The average Bonchev–Trinajstić information content (AvgIpc) is 2.76. The van der Waals surface area contributed by atoms with Crippen molar-refractivity contribution >= 4 is 21.7 Å². The zero-order valence-corrected chi connectivity index (χ0v) is 8.36. The van der Waals surface area contributed by atoms with E-state index in [1.165, 1.54) is 5.39 Å². The van der Waals surface area contributed by atoms with Gasteiger partial charge in [-0.15, -0.1) is 0 Å². The van der Waals surface area contributed by atoms with E-state index in [1.807, 2.05) is 24.3 Å². The van der Waals surface area contributed by atoms with E-state index in [2.05, 4.69) is 12.1 Å². The van der Waals surface area contributed by atoms with E-state index in [-0.39, 0.29) is 0 Å². The van der Waals surface area contributed by atoms with Crippen LogP contribution in [0.1, 0.15) is 0 Å². The van der Waals surface area contributed by atoms with E-state index in [0.717, 1.165) is 22.1 Å². The van der Waals surface area contributed by atoms with E-state index in [1.54, 1.807) is 13.4 Å². The summed E-state index contributed by atoms with van der Waals surface area (Å²) in [5, 5.41) is 3.42. The van der Waals surface area contributed by atoms with Crippen LogP contribution in [0.25, 0.3) is 21.7 Å². The summed E-state index contributed by atoms with van der Waals surface area (Å²) in [6.45, 7) is 0. The Morgan fingerprint density at radius 1 is 1.00 bits per heavy atom. The summed E-state index contributed by atoms with van der Waals surface area (Å²) in [4.78, 5) is 0. The molecule has 0 aliphatic heterocycles. The highest BCUT2D eigenvalue weighted by Gasteiger charge is 2.07. The fourth-order valence-corrected chi connectivity index (χ4v) is 1.95. The number of benzene rings is 2. The Morgan fingerprint density at radius 2 is 1.80 bits per heavy atom. The van der Waals surface area contributed by atoms with E-state index < -0.39 is 0 Å². The normalized spacial score (nSPS) is 11.0. The van der Waals surface area contributed by atoms with Gasteiger partial charge in [-0.05, 0) is 11.5 Å². The molecule has 1 aromatic heterocycles. The van der Waals surface area contributed by atoms with Crippen molar-refractivity contribution in [1.29, 1.82) is 0 Å². The number of ether oxygens (including phenoxy) is 1. The summed E-state index contributed by atoms with van der Waals surface area (Å²) in [6.07, 6.45) is 1.70. The first-order valence-corrected chi connectivity index (χ1v) is 4.83. The minimum atomic E-state index is 0.855. The molecule has 15 heavy (non-hydrogen) atoms. The molecule has 0 fully saturated rings. The van der Waals surface area contributed by atoms with Gasteiger partial charge in [-0.2, -0.15) is 0 Å². The van der Waals surface area contributed by atoms with Crippen molar-refractivity contribution in [2.75, 3.05) is 7.11 Å². The zero-order chi connectivity index (χ0) is 10.3. The second-order valence-electron chi connectivity index (χ2n) is 3.46. The van der Waals surface area contributed by atoms with E-state index in [9.17, 15) is 0 Å². The van der Waals surface area contributed by atoms with Crippen molar-refractivity contribution in [3.05, 3.63) is 42.7 Å². The molecule has 0 amide bonds. The molecule has 0 N–H and O–H groups in total. The van der Waals surface area contributed by atoms with Crippen LogP contribution in [0, 0.1) is 0 Å². The lowest BCUT2D eigenvalue weighted by Crippen LogP contribution is -1.84.